The highest BCUT2D eigenvalue weighted by Crippen LogP contribution is 2.35. The zero-order chi connectivity index (χ0) is 14.2. The summed E-state index contributed by atoms with van der Waals surface area (Å²) in [5.41, 5.74) is 3.37. The number of pyridine rings is 1. The van der Waals surface area contributed by atoms with Crippen LogP contribution in [0, 0.1) is 0 Å². The van der Waals surface area contributed by atoms with Gasteiger partial charge in [0.15, 0.2) is 0 Å². The molecule has 0 aliphatic heterocycles. The molecule has 0 fully saturated rings. The minimum absolute atomic E-state index is 0.523. The Kier molecular flexibility index (Phi) is 3.24. The predicted molar refractivity (Wildman–Crippen MR) is 86.8 cm³/mol. The third kappa shape index (κ3) is 2.37. The molecule has 0 radical (unpaired) electrons. The van der Waals surface area contributed by atoms with Gasteiger partial charge in [0.25, 0.3) is 0 Å². The van der Waals surface area contributed by atoms with Crippen LogP contribution in [0.3, 0.4) is 0 Å². The van der Waals surface area contributed by atoms with Crippen molar-refractivity contribution in [2.75, 3.05) is 0 Å². The minimum Gasteiger partial charge on any atom is -0.383 e. The van der Waals surface area contributed by atoms with Crippen LogP contribution in [0.5, 0.6) is 0 Å². The lowest BCUT2D eigenvalue weighted by Gasteiger charge is -2.09. The minimum atomic E-state index is -0.523. The molecule has 0 saturated carbocycles. The van der Waals surface area contributed by atoms with Crippen LogP contribution >= 0.6 is 11.3 Å². The fourth-order valence-electron chi connectivity index (χ4n) is 3.08. The molecule has 4 rings (SSSR count). The first-order valence-corrected chi connectivity index (χ1v) is 8.27. The van der Waals surface area contributed by atoms with Crippen molar-refractivity contribution in [2.45, 2.75) is 31.8 Å². The number of hydrogen-bond acceptors (Lipinski definition) is 3. The quantitative estimate of drug-likeness (QED) is 0.766. The smallest absolute Gasteiger partial charge is 0.113 e. The molecule has 2 nitrogen and oxygen atoms in total. The molecule has 1 aliphatic rings. The summed E-state index contributed by atoms with van der Waals surface area (Å²) >= 11 is 1.78. The molecule has 0 bridgehead atoms. The number of nitrogens with zero attached hydrogens (tertiary/aromatic N) is 1. The van der Waals surface area contributed by atoms with E-state index in [4.69, 9.17) is 0 Å². The van der Waals surface area contributed by atoms with Gasteiger partial charge in [0.05, 0.1) is 5.52 Å². The number of rotatable bonds is 2. The third-order valence-electron chi connectivity index (χ3n) is 4.23. The summed E-state index contributed by atoms with van der Waals surface area (Å²) in [7, 11) is 0. The van der Waals surface area contributed by atoms with E-state index in [2.05, 4.69) is 11.1 Å². The highest BCUT2D eigenvalue weighted by atomic mass is 32.1. The molecule has 0 saturated heterocycles. The maximum Gasteiger partial charge on any atom is 0.113 e. The van der Waals surface area contributed by atoms with Crippen molar-refractivity contribution in [3.8, 4) is 0 Å². The fraction of sp³-hybridized carbons (Fsp3) is 0.278. The van der Waals surface area contributed by atoms with E-state index >= 15 is 0 Å². The van der Waals surface area contributed by atoms with Gasteiger partial charge in [-0.15, -0.1) is 11.3 Å². The number of fused-ring (bicyclic) bond motifs is 2. The summed E-state index contributed by atoms with van der Waals surface area (Å²) in [6, 6.07) is 12.2. The Morgan fingerprint density at radius 2 is 2.00 bits per heavy atom. The van der Waals surface area contributed by atoms with Crippen LogP contribution in [0.2, 0.25) is 0 Å². The van der Waals surface area contributed by atoms with Crippen LogP contribution in [0.1, 0.15) is 39.8 Å². The maximum atomic E-state index is 10.7. The lowest BCUT2D eigenvalue weighted by atomic mass is 9.98. The Labute approximate surface area is 128 Å². The van der Waals surface area contributed by atoms with Crippen LogP contribution in [-0.4, -0.2) is 10.1 Å². The van der Waals surface area contributed by atoms with Crippen LogP contribution in [0.4, 0.5) is 0 Å². The molecule has 1 aliphatic carbocycles. The molecule has 2 heterocycles. The van der Waals surface area contributed by atoms with E-state index in [1.54, 1.807) is 17.5 Å². The predicted octanol–water partition coefficient (Wildman–Crippen LogP) is 4.26. The second kappa shape index (κ2) is 5.24. The SMILES string of the molecule is OC(c1ccc2ncccc2c1)c1cc2c(s1)CCCC2. The Morgan fingerprint density at radius 1 is 1.10 bits per heavy atom. The van der Waals surface area contributed by atoms with E-state index in [1.165, 1.54) is 36.1 Å². The number of aliphatic hydroxyl groups is 1. The van der Waals surface area contributed by atoms with Crippen LogP contribution < -0.4 is 0 Å². The maximum absolute atomic E-state index is 10.7. The summed E-state index contributed by atoms with van der Waals surface area (Å²) in [4.78, 5) is 6.87. The molecule has 0 amide bonds. The molecule has 0 spiro atoms. The molecule has 1 N–H and O–H groups in total. The van der Waals surface area contributed by atoms with E-state index < -0.39 is 6.10 Å². The topological polar surface area (TPSA) is 33.1 Å². The molecule has 2 aromatic heterocycles. The summed E-state index contributed by atoms with van der Waals surface area (Å²) in [5.74, 6) is 0. The number of aliphatic hydroxyl groups excluding tert-OH is 1. The second-order valence-electron chi connectivity index (χ2n) is 5.66. The number of aryl methyl sites for hydroxylation is 2. The first kappa shape index (κ1) is 13.0. The lowest BCUT2D eigenvalue weighted by Crippen LogP contribution is -1.97. The van der Waals surface area contributed by atoms with E-state index in [0.29, 0.717) is 0 Å². The van der Waals surface area contributed by atoms with Crippen LogP contribution in [-0.2, 0) is 12.8 Å². The van der Waals surface area contributed by atoms with Gasteiger partial charge in [-0.2, -0.15) is 0 Å². The first-order chi connectivity index (χ1) is 10.3. The van der Waals surface area contributed by atoms with Crippen molar-refractivity contribution in [3.63, 3.8) is 0 Å². The van der Waals surface area contributed by atoms with Crippen molar-refractivity contribution >= 4 is 22.2 Å². The van der Waals surface area contributed by atoms with Crippen molar-refractivity contribution in [1.29, 1.82) is 0 Å². The molecule has 3 aromatic rings. The molecule has 1 unspecified atom stereocenters. The van der Waals surface area contributed by atoms with Crippen molar-refractivity contribution in [1.82, 2.24) is 4.98 Å². The standard InChI is InChI=1S/C18H17NOS/c20-18(17-11-13-4-1-2-6-16(13)21-17)14-7-8-15-12(10-14)5-3-9-19-15/h3,5,7-11,18,20H,1-2,4,6H2. The van der Waals surface area contributed by atoms with E-state index in [1.807, 2.05) is 30.3 Å². The van der Waals surface area contributed by atoms with Gasteiger partial charge in [-0.1, -0.05) is 12.1 Å². The first-order valence-electron chi connectivity index (χ1n) is 7.45. The highest BCUT2D eigenvalue weighted by Gasteiger charge is 2.19. The molecular formula is C18H17NOS. The molecule has 3 heteroatoms. The fourth-order valence-corrected chi connectivity index (χ4v) is 4.35. The summed E-state index contributed by atoms with van der Waals surface area (Å²) in [6.07, 6.45) is 6.18. The van der Waals surface area contributed by atoms with E-state index in [-0.39, 0.29) is 0 Å². The number of aromatic nitrogens is 1. The van der Waals surface area contributed by atoms with Gasteiger partial charge < -0.3 is 5.11 Å². The van der Waals surface area contributed by atoms with Gasteiger partial charge in [-0.3, -0.25) is 4.98 Å². The monoisotopic (exact) mass is 295 g/mol. The molecule has 21 heavy (non-hydrogen) atoms. The zero-order valence-electron chi connectivity index (χ0n) is 11.7. The third-order valence-corrected chi connectivity index (χ3v) is 5.52. The normalized spacial score (nSPS) is 15.9. The average molecular weight is 295 g/mol. The highest BCUT2D eigenvalue weighted by molar-refractivity contribution is 7.12. The second-order valence-corrected chi connectivity index (χ2v) is 6.83. The van der Waals surface area contributed by atoms with Crippen molar-refractivity contribution in [2.24, 2.45) is 0 Å². The Balaban J connectivity index is 1.71. The van der Waals surface area contributed by atoms with Gasteiger partial charge >= 0.3 is 0 Å². The summed E-state index contributed by atoms with van der Waals surface area (Å²) in [5, 5.41) is 11.8. The Bertz CT molecular complexity index is 769. The zero-order valence-corrected chi connectivity index (χ0v) is 12.6. The average Bonchev–Trinajstić information content (AvgIpc) is 2.97. The van der Waals surface area contributed by atoms with Gasteiger partial charge in [-0.25, -0.2) is 0 Å². The van der Waals surface area contributed by atoms with Gasteiger partial charge in [0, 0.05) is 21.3 Å². The van der Waals surface area contributed by atoms with E-state index in [9.17, 15) is 5.11 Å². The Hall–Kier alpha value is -1.71. The van der Waals surface area contributed by atoms with Crippen LogP contribution in [0.15, 0.2) is 42.6 Å². The van der Waals surface area contributed by atoms with E-state index in [0.717, 1.165) is 21.3 Å². The number of benzene rings is 1. The van der Waals surface area contributed by atoms with Gasteiger partial charge in [-0.05, 0) is 61.1 Å². The van der Waals surface area contributed by atoms with Crippen molar-refractivity contribution in [3.05, 3.63) is 63.5 Å². The van der Waals surface area contributed by atoms with Crippen molar-refractivity contribution < 1.29 is 5.11 Å². The largest absolute Gasteiger partial charge is 0.383 e. The number of hydrogen-bond donors (Lipinski definition) is 1. The van der Waals surface area contributed by atoms with Gasteiger partial charge in [0.2, 0.25) is 0 Å². The molecule has 1 aromatic carbocycles. The molecular weight excluding hydrogens is 278 g/mol. The molecule has 106 valence electrons. The summed E-state index contributed by atoms with van der Waals surface area (Å²) in [6.45, 7) is 0. The van der Waals surface area contributed by atoms with Gasteiger partial charge in [0.1, 0.15) is 6.10 Å². The lowest BCUT2D eigenvalue weighted by molar-refractivity contribution is 0.224. The summed E-state index contributed by atoms with van der Waals surface area (Å²) < 4.78 is 0. The molecule has 1 atom stereocenters. The number of thiophene rings is 1. The van der Waals surface area contributed by atoms with Crippen LogP contribution in [0.25, 0.3) is 10.9 Å². The Morgan fingerprint density at radius 3 is 2.90 bits per heavy atom.